The summed E-state index contributed by atoms with van der Waals surface area (Å²) in [6.07, 6.45) is -0.729. The fraction of sp³-hybridized carbons (Fsp3) is 0.273. The minimum absolute atomic E-state index is 0.242. The third-order valence-electron chi connectivity index (χ3n) is 2.01. The first kappa shape index (κ1) is 12.4. The van der Waals surface area contributed by atoms with E-state index < -0.39 is 6.10 Å². The van der Waals surface area contributed by atoms with E-state index in [4.69, 9.17) is 16.1 Å². The maximum Gasteiger partial charge on any atom is 0.255 e. The number of benzene rings is 1. The highest BCUT2D eigenvalue weighted by molar-refractivity contribution is 7.98. The smallest absolute Gasteiger partial charge is 0.255 e. The summed E-state index contributed by atoms with van der Waals surface area (Å²) >= 11 is 7.44. The number of aliphatic hydroxyl groups excluding tert-OH is 1. The van der Waals surface area contributed by atoms with Gasteiger partial charge in [0.05, 0.1) is 5.75 Å². The zero-order valence-electron chi connectivity index (χ0n) is 9.13. The summed E-state index contributed by atoms with van der Waals surface area (Å²) in [4.78, 5) is 5.11. The second-order valence-electron chi connectivity index (χ2n) is 3.47. The third kappa shape index (κ3) is 3.46. The largest absolute Gasteiger partial charge is 0.384 e. The summed E-state index contributed by atoms with van der Waals surface area (Å²) in [5, 5.41) is 13.7. The Morgan fingerprint density at radius 1 is 1.53 bits per heavy atom. The van der Waals surface area contributed by atoms with Crippen molar-refractivity contribution in [3.05, 3.63) is 41.0 Å². The summed E-state index contributed by atoms with van der Waals surface area (Å²) in [5.41, 5.74) is 0. The zero-order chi connectivity index (χ0) is 12.3. The first-order valence-electron chi connectivity index (χ1n) is 5.04. The lowest BCUT2D eigenvalue weighted by Crippen LogP contribution is -1.91. The lowest BCUT2D eigenvalue weighted by molar-refractivity contribution is 0.151. The van der Waals surface area contributed by atoms with Gasteiger partial charge in [-0.1, -0.05) is 22.8 Å². The molecule has 6 heteroatoms. The molecule has 1 heterocycles. The SMILES string of the molecule is C[C@@H](O)c1nc(CSc2cccc(Cl)c2)no1. The van der Waals surface area contributed by atoms with Crippen molar-refractivity contribution in [3.63, 3.8) is 0 Å². The van der Waals surface area contributed by atoms with Crippen molar-refractivity contribution in [1.29, 1.82) is 0 Å². The number of hydrogen-bond donors (Lipinski definition) is 1. The second kappa shape index (κ2) is 5.53. The molecular weight excluding hydrogens is 260 g/mol. The fourth-order valence-corrected chi connectivity index (χ4v) is 2.25. The molecule has 1 N–H and O–H groups in total. The molecule has 0 saturated carbocycles. The Balaban J connectivity index is 1.97. The average Bonchev–Trinajstić information content (AvgIpc) is 2.75. The van der Waals surface area contributed by atoms with Crippen LogP contribution in [-0.2, 0) is 5.75 Å². The molecule has 4 nitrogen and oxygen atoms in total. The van der Waals surface area contributed by atoms with Gasteiger partial charge >= 0.3 is 0 Å². The molecule has 0 amide bonds. The predicted molar refractivity (Wildman–Crippen MR) is 65.9 cm³/mol. The van der Waals surface area contributed by atoms with E-state index in [1.807, 2.05) is 24.3 Å². The predicted octanol–water partition coefficient (Wildman–Crippen LogP) is 3.07. The maximum atomic E-state index is 9.24. The van der Waals surface area contributed by atoms with Crippen LogP contribution in [0.15, 0.2) is 33.7 Å². The summed E-state index contributed by atoms with van der Waals surface area (Å²) in [6, 6.07) is 7.56. The van der Waals surface area contributed by atoms with Gasteiger partial charge in [-0.05, 0) is 25.1 Å². The van der Waals surface area contributed by atoms with Crippen LogP contribution in [0.4, 0.5) is 0 Å². The molecule has 1 aromatic heterocycles. The van der Waals surface area contributed by atoms with E-state index in [1.165, 1.54) is 0 Å². The summed E-state index contributed by atoms with van der Waals surface area (Å²) in [7, 11) is 0. The molecule has 2 rings (SSSR count). The molecule has 0 bridgehead atoms. The van der Waals surface area contributed by atoms with Gasteiger partial charge < -0.3 is 9.63 Å². The van der Waals surface area contributed by atoms with E-state index in [2.05, 4.69) is 10.1 Å². The van der Waals surface area contributed by atoms with Gasteiger partial charge in [0, 0.05) is 9.92 Å². The van der Waals surface area contributed by atoms with E-state index >= 15 is 0 Å². The van der Waals surface area contributed by atoms with Crippen LogP contribution >= 0.6 is 23.4 Å². The number of aliphatic hydroxyl groups is 1. The number of nitrogens with zero attached hydrogens (tertiary/aromatic N) is 2. The van der Waals surface area contributed by atoms with Crippen molar-refractivity contribution in [1.82, 2.24) is 10.1 Å². The fourth-order valence-electron chi connectivity index (χ4n) is 1.20. The summed E-state index contributed by atoms with van der Waals surface area (Å²) in [6.45, 7) is 1.58. The number of hydrogen-bond acceptors (Lipinski definition) is 5. The zero-order valence-corrected chi connectivity index (χ0v) is 10.7. The van der Waals surface area contributed by atoms with Crippen LogP contribution in [0.5, 0.6) is 0 Å². The molecule has 0 radical (unpaired) electrons. The van der Waals surface area contributed by atoms with Gasteiger partial charge in [-0.3, -0.25) is 0 Å². The molecule has 0 unspecified atom stereocenters. The Labute approximate surface area is 108 Å². The minimum Gasteiger partial charge on any atom is -0.384 e. The van der Waals surface area contributed by atoms with Crippen LogP contribution in [0.25, 0.3) is 0 Å². The summed E-state index contributed by atoms with van der Waals surface area (Å²) < 4.78 is 4.89. The van der Waals surface area contributed by atoms with Crippen molar-refractivity contribution in [2.24, 2.45) is 0 Å². The standard InChI is InChI=1S/C11H11ClN2O2S/c1-7(15)11-13-10(14-16-11)6-17-9-4-2-3-8(12)5-9/h2-5,7,15H,6H2,1H3/t7-/m1/s1. The quantitative estimate of drug-likeness (QED) is 0.865. The monoisotopic (exact) mass is 270 g/mol. The first-order chi connectivity index (χ1) is 8.15. The van der Waals surface area contributed by atoms with Crippen molar-refractivity contribution < 1.29 is 9.63 Å². The third-order valence-corrected chi connectivity index (χ3v) is 3.23. The van der Waals surface area contributed by atoms with E-state index in [9.17, 15) is 5.11 Å². The molecule has 0 fully saturated rings. The van der Waals surface area contributed by atoms with E-state index in [1.54, 1.807) is 18.7 Å². The molecule has 0 aliphatic heterocycles. The van der Waals surface area contributed by atoms with Gasteiger partial charge in [-0.2, -0.15) is 4.98 Å². The van der Waals surface area contributed by atoms with Crippen LogP contribution < -0.4 is 0 Å². The number of thioether (sulfide) groups is 1. The topological polar surface area (TPSA) is 59.2 Å². The van der Waals surface area contributed by atoms with Crippen molar-refractivity contribution >= 4 is 23.4 Å². The molecule has 2 aromatic rings. The van der Waals surface area contributed by atoms with Crippen molar-refractivity contribution in [2.45, 2.75) is 23.7 Å². The van der Waals surface area contributed by atoms with Crippen LogP contribution in [0.3, 0.4) is 0 Å². The van der Waals surface area contributed by atoms with Gasteiger partial charge in [0.15, 0.2) is 5.82 Å². The lowest BCUT2D eigenvalue weighted by atomic mass is 10.4. The minimum atomic E-state index is -0.729. The van der Waals surface area contributed by atoms with Gasteiger partial charge in [-0.15, -0.1) is 11.8 Å². The first-order valence-corrected chi connectivity index (χ1v) is 6.40. The van der Waals surface area contributed by atoms with E-state index in [0.29, 0.717) is 16.6 Å². The van der Waals surface area contributed by atoms with Crippen LogP contribution in [-0.4, -0.2) is 15.2 Å². The highest BCUT2D eigenvalue weighted by Crippen LogP contribution is 2.24. The molecule has 17 heavy (non-hydrogen) atoms. The Kier molecular flexibility index (Phi) is 4.04. The Hall–Kier alpha value is -1.04. The molecule has 0 aliphatic carbocycles. The van der Waals surface area contributed by atoms with Gasteiger partial charge in [0.2, 0.25) is 0 Å². The second-order valence-corrected chi connectivity index (χ2v) is 4.96. The molecule has 1 atom stereocenters. The number of aromatic nitrogens is 2. The molecular formula is C11H11ClN2O2S. The lowest BCUT2D eigenvalue weighted by Gasteiger charge is -1.98. The van der Waals surface area contributed by atoms with Gasteiger partial charge in [0.1, 0.15) is 6.10 Å². The van der Waals surface area contributed by atoms with E-state index in [0.717, 1.165) is 4.90 Å². The molecule has 0 aliphatic rings. The molecule has 1 aromatic carbocycles. The molecule has 0 spiro atoms. The van der Waals surface area contributed by atoms with Gasteiger partial charge in [-0.25, -0.2) is 0 Å². The average molecular weight is 271 g/mol. The highest BCUT2D eigenvalue weighted by atomic mass is 35.5. The highest BCUT2D eigenvalue weighted by Gasteiger charge is 2.11. The maximum absolute atomic E-state index is 9.24. The normalized spacial score (nSPS) is 12.6. The number of halogens is 1. The van der Waals surface area contributed by atoms with Gasteiger partial charge in [0.25, 0.3) is 5.89 Å². The van der Waals surface area contributed by atoms with Crippen molar-refractivity contribution in [2.75, 3.05) is 0 Å². The number of rotatable bonds is 4. The Morgan fingerprint density at radius 2 is 2.35 bits per heavy atom. The van der Waals surface area contributed by atoms with E-state index in [-0.39, 0.29) is 5.89 Å². The van der Waals surface area contributed by atoms with Crippen molar-refractivity contribution in [3.8, 4) is 0 Å². The van der Waals surface area contributed by atoms with Crippen LogP contribution in [0, 0.1) is 0 Å². The Bertz CT molecular complexity index is 502. The molecule has 90 valence electrons. The van der Waals surface area contributed by atoms with Crippen LogP contribution in [0.1, 0.15) is 24.7 Å². The van der Waals surface area contributed by atoms with Crippen LogP contribution in [0.2, 0.25) is 5.02 Å². The Morgan fingerprint density at radius 3 is 3.00 bits per heavy atom. The molecule has 0 saturated heterocycles. The summed E-state index contributed by atoms with van der Waals surface area (Å²) in [5.74, 6) is 1.38.